The van der Waals surface area contributed by atoms with Gasteiger partial charge in [-0.15, -0.1) is 0 Å². The molecule has 2 rings (SSSR count). The van der Waals surface area contributed by atoms with Crippen molar-refractivity contribution in [3.63, 3.8) is 0 Å². The van der Waals surface area contributed by atoms with Crippen LogP contribution in [0.5, 0.6) is 5.88 Å². The first-order chi connectivity index (χ1) is 8.13. The smallest absolute Gasteiger partial charge is 0.244 e. The molecule has 1 aliphatic heterocycles. The van der Waals surface area contributed by atoms with E-state index in [1.807, 2.05) is 0 Å². The molecule has 0 atom stereocenters. The molecule has 2 heterocycles. The number of nitrogens with zero attached hydrogens (tertiary/aromatic N) is 3. The molecule has 0 saturated carbocycles. The van der Waals surface area contributed by atoms with Crippen molar-refractivity contribution in [1.29, 1.82) is 0 Å². The van der Waals surface area contributed by atoms with E-state index in [0.29, 0.717) is 10.7 Å². The highest BCUT2D eigenvalue weighted by Gasteiger charge is 2.25. The van der Waals surface area contributed by atoms with Gasteiger partial charge in [0.25, 0.3) is 0 Å². The highest BCUT2D eigenvalue weighted by Crippen LogP contribution is 2.39. The van der Waals surface area contributed by atoms with Crippen molar-refractivity contribution in [3.05, 3.63) is 17.6 Å². The van der Waals surface area contributed by atoms with Crippen molar-refractivity contribution in [3.8, 4) is 5.88 Å². The third kappa shape index (κ3) is 2.17. The largest absolute Gasteiger partial charge is 0.479 e. The van der Waals surface area contributed by atoms with Crippen LogP contribution in [0, 0.1) is 0 Å². The minimum atomic E-state index is -0.282. The van der Waals surface area contributed by atoms with Gasteiger partial charge in [-0.2, -0.15) is 10.0 Å². The van der Waals surface area contributed by atoms with Gasteiger partial charge >= 0.3 is 0 Å². The molecule has 0 aromatic carbocycles. The summed E-state index contributed by atoms with van der Waals surface area (Å²) >= 11 is 1.26. The first kappa shape index (κ1) is 11.7. The summed E-state index contributed by atoms with van der Waals surface area (Å²) in [6.07, 6.45) is 1.34. The van der Waals surface area contributed by atoms with Gasteiger partial charge in [0.05, 0.1) is 7.11 Å². The second-order valence-electron chi connectivity index (χ2n) is 3.15. The molecule has 0 saturated heterocycles. The normalized spacial score (nSPS) is 13.8. The lowest BCUT2D eigenvalue weighted by Crippen LogP contribution is -2.33. The lowest BCUT2D eigenvalue weighted by Gasteiger charge is -2.25. The topological polar surface area (TPSA) is 87.6 Å². The van der Waals surface area contributed by atoms with E-state index in [2.05, 4.69) is 15.3 Å². The molecular formula is C9H10N4O3S. The number of fused-ring (bicyclic) bond motifs is 1. The van der Waals surface area contributed by atoms with E-state index in [4.69, 9.17) is 4.74 Å². The average molecular weight is 254 g/mol. The Balaban J connectivity index is 2.38. The maximum atomic E-state index is 11.0. The molecule has 1 aliphatic rings. The van der Waals surface area contributed by atoms with Gasteiger partial charge in [-0.1, -0.05) is 11.8 Å². The Bertz CT molecular complexity index is 491. The Kier molecular flexibility index (Phi) is 3.16. The van der Waals surface area contributed by atoms with Crippen molar-refractivity contribution in [2.75, 3.05) is 12.2 Å². The summed E-state index contributed by atoms with van der Waals surface area (Å²) in [6.45, 7) is 1.35. The first-order valence-electron chi connectivity index (χ1n) is 4.66. The van der Waals surface area contributed by atoms with Gasteiger partial charge in [-0.05, 0) is 0 Å². The van der Waals surface area contributed by atoms with Crippen molar-refractivity contribution in [2.45, 2.75) is 11.9 Å². The van der Waals surface area contributed by atoms with E-state index < -0.39 is 0 Å². The number of rotatable bonds is 2. The lowest BCUT2D eigenvalue weighted by atomic mass is 10.4. The molecule has 7 nitrogen and oxygen atoms in total. The van der Waals surface area contributed by atoms with Crippen LogP contribution in [0.25, 0.3) is 0 Å². The monoisotopic (exact) mass is 254 g/mol. The van der Waals surface area contributed by atoms with Crippen LogP contribution in [0.3, 0.4) is 0 Å². The minimum absolute atomic E-state index is 0.237. The summed E-state index contributed by atoms with van der Waals surface area (Å²) in [4.78, 5) is 18.9. The van der Waals surface area contributed by atoms with Gasteiger partial charge in [0.1, 0.15) is 17.2 Å². The number of methoxy groups -OCH3 is 1. The fourth-order valence-electron chi connectivity index (χ4n) is 1.31. The Hall–Kier alpha value is -1.80. The molecule has 0 bridgehead atoms. The lowest BCUT2D eigenvalue weighted by molar-refractivity contribution is -0.118. The summed E-state index contributed by atoms with van der Waals surface area (Å²) in [7, 11) is 1.44. The van der Waals surface area contributed by atoms with Crippen molar-refractivity contribution < 1.29 is 14.7 Å². The molecule has 90 valence electrons. The Labute approximate surface area is 101 Å². The highest BCUT2D eigenvalue weighted by molar-refractivity contribution is 8.02. The molecule has 0 radical (unpaired) electrons. The van der Waals surface area contributed by atoms with Crippen LogP contribution >= 0.6 is 11.8 Å². The Morgan fingerprint density at radius 2 is 2.35 bits per heavy atom. The Morgan fingerprint density at radius 3 is 3.00 bits per heavy atom. The van der Waals surface area contributed by atoms with E-state index in [1.165, 1.54) is 32.1 Å². The Morgan fingerprint density at radius 1 is 1.59 bits per heavy atom. The van der Waals surface area contributed by atoms with Crippen molar-refractivity contribution in [2.24, 2.45) is 0 Å². The van der Waals surface area contributed by atoms with Crippen LogP contribution in [0.2, 0.25) is 0 Å². The zero-order valence-corrected chi connectivity index (χ0v) is 9.98. The van der Waals surface area contributed by atoms with Gasteiger partial charge in [0.2, 0.25) is 11.8 Å². The molecule has 1 aromatic rings. The van der Waals surface area contributed by atoms with E-state index in [-0.39, 0.29) is 17.6 Å². The second kappa shape index (κ2) is 4.60. The summed E-state index contributed by atoms with van der Waals surface area (Å²) in [5.74, 6) is 0.194. The van der Waals surface area contributed by atoms with Crippen LogP contribution in [0.4, 0.5) is 5.69 Å². The summed E-state index contributed by atoms with van der Waals surface area (Å²) < 4.78 is 5.03. The number of carbonyl (C=O) groups excluding carboxylic acids is 1. The number of thioether (sulfide) groups is 1. The fourth-order valence-corrected chi connectivity index (χ4v) is 2.08. The van der Waals surface area contributed by atoms with Crippen LogP contribution in [-0.2, 0) is 4.79 Å². The summed E-state index contributed by atoms with van der Waals surface area (Å²) in [5, 5.41) is 15.4. The number of amides is 1. The molecule has 1 aromatic heterocycles. The standard InChI is InChI=1S/C9H10N4O3S/c1-5(14)12-6-3-17-9-7(13(6)15)8(16-2)10-4-11-9/h3-4,15H,1-2H3,(H,12,14). The summed E-state index contributed by atoms with van der Waals surface area (Å²) in [6, 6.07) is 0. The van der Waals surface area contributed by atoms with Gasteiger partial charge < -0.3 is 10.1 Å². The molecule has 0 fully saturated rings. The predicted molar refractivity (Wildman–Crippen MR) is 60.6 cm³/mol. The van der Waals surface area contributed by atoms with Crippen molar-refractivity contribution in [1.82, 2.24) is 15.3 Å². The molecule has 2 N–H and O–H groups in total. The molecule has 0 aliphatic carbocycles. The molecular weight excluding hydrogens is 244 g/mol. The zero-order chi connectivity index (χ0) is 12.4. The number of hydrogen-bond acceptors (Lipinski definition) is 7. The van der Waals surface area contributed by atoms with Gasteiger partial charge in [0, 0.05) is 12.3 Å². The van der Waals surface area contributed by atoms with Crippen LogP contribution < -0.4 is 15.1 Å². The number of ether oxygens (including phenoxy) is 1. The second-order valence-corrected chi connectivity index (χ2v) is 4.01. The SMILES string of the molecule is COc1ncnc2c1N(O)C(NC(C)=O)=CS2. The number of aromatic nitrogens is 2. The molecule has 0 spiro atoms. The predicted octanol–water partition coefficient (Wildman–Crippen LogP) is 0.721. The number of hydroxylamine groups is 1. The fraction of sp³-hybridized carbons (Fsp3) is 0.222. The van der Waals surface area contributed by atoms with E-state index in [1.54, 1.807) is 5.41 Å². The van der Waals surface area contributed by atoms with Crippen molar-refractivity contribution >= 4 is 23.4 Å². The van der Waals surface area contributed by atoms with Gasteiger partial charge in [-0.3, -0.25) is 10.0 Å². The van der Waals surface area contributed by atoms with Crippen LogP contribution in [-0.4, -0.2) is 28.2 Å². The minimum Gasteiger partial charge on any atom is -0.479 e. The highest BCUT2D eigenvalue weighted by atomic mass is 32.2. The maximum absolute atomic E-state index is 11.0. The molecule has 1 amide bonds. The third-order valence-corrected chi connectivity index (χ3v) is 2.84. The molecule has 0 unspecified atom stereocenters. The maximum Gasteiger partial charge on any atom is 0.244 e. The number of carbonyl (C=O) groups is 1. The zero-order valence-electron chi connectivity index (χ0n) is 9.17. The van der Waals surface area contributed by atoms with E-state index in [0.717, 1.165) is 5.06 Å². The molecule has 8 heteroatoms. The number of nitrogens with one attached hydrogen (secondary N) is 1. The molecule has 17 heavy (non-hydrogen) atoms. The van der Waals surface area contributed by atoms with E-state index in [9.17, 15) is 10.0 Å². The third-order valence-electron chi connectivity index (χ3n) is 1.97. The number of hydrogen-bond donors (Lipinski definition) is 2. The first-order valence-corrected chi connectivity index (χ1v) is 5.54. The van der Waals surface area contributed by atoms with Crippen LogP contribution in [0.1, 0.15) is 6.92 Å². The van der Waals surface area contributed by atoms with Gasteiger partial charge in [0.15, 0.2) is 5.69 Å². The summed E-state index contributed by atoms with van der Waals surface area (Å²) in [5.41, 5.74) is 0.311. The number of anilines is 1. The average Bonchev–Trinajstić information content (AvgIpc) is 2.31. The van der Waals surface area contributed by atoms with E-state index >= 15 is 0 Å². The van der Waals surface area contributed by atoms with Crippen LogP contribution in [0.15, 0.2) is 22.6 Å². The quantitative estimate of drug-likeness (QED) is 0.752. The van der Waals surface area contributed by atoms with Gasteiger partial charge in [-0.25, -0.2) is 4.98 Å².